The zero-order chi connectivity index (χ0) is 16.0. The second-order valence-corrected chi connectivity index (χ2v) is 6.01. The first kappa shape index (κ1) is 19.2. The molecule has 0 aliphatic heterocycles. The molecule has 1 fully saturated rings. The second-order valence-electron chi connectivity index (χ2n) is 6.01. The molecular weight excluding hydrogens is 276 g/mol. The minimum absolute atomic E-state index is 0.728. The zero-order valence-corrected chi connectivity index (χ0v) is 14.9. The summed E-state index contributed by atoms with van der Waals surface area (Å²) in [5.74, 6) is 0.905. The third kappa shape index (κ3) is 8.59. The lowest BCUT2D eigenvalue weighted by Crippen LogP contribution is -2.39. The molecule has 22 heavy (non-hydrogen) atoms. The van der Waals surface area contributed by atoms with Gasteiger partial charge in [-0.05, 0) is 46.7 Å². The van der Waals surface area contributed by atoms with Crippen molar-refractivity contribution in [3.05, 3.63) is 0 Å². The summed E-state index contributed by atoms with van der Waals surface area (Å²) in [6.45, 7) is 9.32. The fourth-order valence-corrected chi connectivity index (χ4v) is 2.94. The number of hydrogen-bond donors (Lipinski definition) is 2. The van der Waals surface area contributed by atoms with E-state index < -0.39 is 0 Å². The van der Waals surface area contributed by atoms with Crippen LogP contribution in [0.4, 0.5) is 0 Å². The third-order valence-corrected chi connectivity index (χ3v) is 4.22. The molecule has 1 saturated carbocycles. The van der Waals surface area contributed by atoms with Crippen LogP contribution in [0.25, 0.3) is 0 Å². The number of aliphatic imine (C=N–C) groups is 1. The van der Waals surface area contributed by atoms with Crippen LogP contribution in [0.2, 0.25) is 0 Å². The number of nitrogens with zero attached hydrogens (tertiary/aromatic N) is 2. The van der Waals surface area contributed by atoms with Gasteiger partial charge in [0, 0.05) is 32.3 Å². The Hall–Kier alpha value is -0.810. The lowest BCUT2D eigenvalue weighted by molar-refractivity contribution is 0.152. The standard InChI is InChI=1S/C17H36N4O/c1-4-18-17(20-13-15-22-5-2)19-12-9-14-21(3)16-10-7-6-8-11-16/h16H,4-15H2,1-3H3,(H2,18,19,20). The smallest absolute Gasteiger partial charge is 0.191 e. The summed E-state index contributed by atoms with van der Waals surface area (Å²) < 4.78 is 5.33. The molecule has 0 bridgehead atoms. The molecule has 5 nitrogen and oxygen atoms in total. The summed E-state index contributed by atoms with van der Waals surface area (Å²) >= 11 is 0. The predicted molar refractivity (Wildman–Crippen MR) is 94.6 cm³/mol. The van der Waals surface area contributed by atoms with Gasteiger partial charge in [-0.2, -0.15) is 0 Å². The van der Waals surface area contributed by atoms with E-state index in [1.807, 2.05) is 6.92 Å². The summed E-state index contributed by atoms with van der Waals surface area (Å²) in [5.41, 5.74) is 0. The minimum atomic E-state index is 0.728. The van der Waals surface area contributed by atoms with Crippen LogP contribution in [0.3, 0.4) is 0 Å². The van der Waals surface area contributed by atoms with Crippen LogP contribution < -0.4 is 10.6 Å². The van der Waals surface area contributed by atoms with E-state index in [1.165, 1.54) is 32.1 Å². The zero-order valence-electron chi connectivity index (χ0n) is 14.9. The molecule has 130 valence electrons. The first-order valence-electron chi connectivity index (χ1n) is 9.08. The van der Waals surface area contributed by atoms with E-state index in [0.717, 1.165) is 57.8 Å². The number of rotatable bonds is 10. The van der Waals surface area contributed by atoms with E-state index >= 15 is 0 Å². The summed E-state index contributed by atoms with van der Waals surface area (Å²) in [6, 6.07) is 0.801. The Balaban J connectivity index is 2.18. The fraction of sp³-hybridized carbons (Fsp3) is 0.941. The highest BCUT2D eigenvalue weighted by Gasteiger charge is 2.17. The topological polar surface area (TPSA) is 48.9 Å². The third-order valence-electron chi connectivity index (χ3n) is 4.22. The molecule has 0 heterocycles. The molecule has 0 radical (unpaired) electrons. The van der Waals surface area contributed by atoms with Crippen LogP contribution >= 0.6 is 0 Å². The van der Waals surface area contributed by atoms with Crippen LogP contribution in [-0.4, -0.2) is 63.3 Å². The average Bonchev–Trinajstić information content (AvgIpc) is 2.56. The Bertz CT molecular complexity index is 290. The molecule has 2 N–H and O–H groups in total. The highest BCUT2D eigenvalue weighted by molar-refractivity contribution is 5.79. The maximum absolute atomic E-state index is 5.33. The van der Waals surface area contributed by atoms with Gasteiger partial charge in [0.25, 0.3) is 0 Å². The van der Waals surface area contributed by atoms with Crippen molar-refractivity contribution in [1.29, 1.82) is 0 Å². The summed E-state index contributed by atoms with van der Waals surface area (Å²) in [4.78, 5) is 7.17. The van der Waals surface area contributed by atoms with Gasteiger partial charge in [-0.1, -0.05) is 19.3 Å². The SMILES string of the molecule is CCNC(=NCCCN(C)C1CCCCC1)NCCOCC. The molecule has 0 amide bonds. The average molecular weight is 313 g/mol. The number of ether oxygens (including phenoxy) is 1. The molecule has 1 aliphatic rings. The lowest BCUT2D eigenvalue weighted by Gasteiger charge is -2.31. The molecular formula is C17H36N4O. The maximum Gasteiger partial charge on any atom is 0.191 e. The van der Waals surface area contributed by atoms with Crippen molar-refractivity contribution in [3.63, 3.8) is 0 Å². The highest BCUT2D eigenvalue weighted by Crippen LogP contribution is 2.21. The van der Waals surface area contributed by atoms with Gasteiger partial charge in [0.1, 0.15) is 0 Å². The Morgan fingerprint density at radius 1 is 1.18 bits per heavy atom. The minimum Gasteiger partial charge on any atom is -0.380 e. The molecule has 1 aliphatic carbocycles. The van der Waals surface area contributed by atoms with E-state index in [0.29, 0.717) is 0 Å². The number of nitrogens with one attached hydrogen (secondary N) is 2. The summed E-state index contributed by atoms with van der Waals surface area (Å²) in [6.07, 6.45) is 8.11. The molecule has 0 atom stereocenters. The van der Waals surface area contributed by atoms with E-state index in [1.54, 1.807) is 0 Å². The largest absolute Gasteiger partial charge is 0.380 e. The van der Waals surface area contributed by atoms with Gasteiger partial charge >= 0.3 is 0 Å². The molecule has 0 aromatic carbocycles. The van der Waals surface area contributed by atoms with Crippen LogP contribution in [0.15, 0.2) is 4.99 Å². The molecule has 1 rings (SSSR count). The molecule has 5 heteroatoms. The van der Waals surface area contributed by atoms with Crippen molar-refractivity contribution in [3.8, 4) is 0 Å². The second kappa shape index (κ2) is 12.7. The van der Waals surface area contributed by atoms with Crippen molar-refractivity contribution in [2.24, 2.45) is 4.99 Å². The van der Waals surface area contributed by atoms with Gasteiger partial charge in [0.2, 0.25) is 0 Å². The number of hydrogen-bond acceptors (Lipinski definition) is 3. The van der Waals surface area contributed by atoms with Crippen molar-refractivity contribution in [2.75, 3.05) is 46.4 Å². The first-order chi connectivity index (χ1) is 10.8. The van der Waals surface area contributed by atoms with Gasteiger partial charge in [0.15, 0.2) is 5.96 Å². The summed E-state index contributed by atoms with van der Waals surface area (Å²) in [7, 11) is 2.27. The predicted octanol–water partition coefficient (Wildman–Crippen LogP) is 2.23. The van der Waals surface area contributed by atoms with E-state index in [4.69, 9.17) is 4.74 Å². The quantitative estimate of drug-likeness (QED) is 0.369. The summed E-state index contributed by atoms with van der Waals surface area (Å²) in [5, 5.41) is 6.59. The van der Waals surface area contributed by atoms with Crippen molar-refractivity contribution >= 4 is 5.96 Å². The van der Waals surface area contributed by atoms with Crippen LogP contribution in [-0.2, 0) is 4.74 Å². The lowest BCUT2D eigenvalue weighted by atomic mass is 9.94. The number of guanidine groups is 1. The normalized spacial score (nSPS) is 17.0. The molecule has 0 unspecified atom stereocenters. The Morgan fingerprint density at radius 2 is 1.95 bits per heavy atom. The van der Waals surface area contributed by atoms with Gasteiger partial charge in [-0.3, -0.25) is 4.99 Å². The molecule has 0 aromatic rings. The van der Waals surface area contributed by atoms with Gasteiger partial charge in [-0.15, -0.1) is 0 Å². The highest BCUT2D eigenvalue weighted by atomic mass is 16.5. The Kier molecular flexibility index (Phi) is 11.1. The molecule has 0 aromatic heterocycles. The van der Waals surface area contributed by atoms with Crippen molar-refractivity contribution in [1.82, 2.24) is 15.5 Å². The van der Waals surface area contributed by atoms with E-state index in [9.17, 15) is 0 Å². The van der Waals surface area contributed by atoms with Crippen molar-refractivity contribution in [2.45, 2.75) is 58.4 Å². The Morgan fingerprint density at radius 3 is 2.64 bits per heavy atom. The molecule has 0 spiro atoms. The Labute approximate surface area is 136 Å². The van der Waals surface area contributed by atoms with Crippen molar-refractivity contribution < 1.29 is 4.74 Å². The van der Waals surface area contributed by atoms with Gasteiger partial charge in [-0.25, -0.2) is 0 Å². The maximum atomic E-state index is 5.33. The van der Waals surface area contributed by atoms with Gasteiger partial charge in [0.05, 0.1) is 6.61 Å². The fourth-order valence-electron chi connectivity index (χ4n) is 2.94. The van der Waals surface area contributed by atoms with E-state index in [-0.39, 0.29) is 0 Å². The van der Waals surface area contributed by atoms with Crippen LogP contribution in [0.5, 0.6) is 0 Å². The van der Waals surface area contributed by atoms with Crippen LogP contribution in [0.1, 0.15) is 52.4 Å². The first-order valence-corrected chi connectivity index (χ1v) is 9.08. The molecule has 0 saturated heterocycles. The van der Waals surface area contributed by atoms with E-state index in [2.05, 4.69) is 34.5 Å². The monoisotopic (exact) mass is 312 g/mol. The van der Waals surface area contributed by atoms with Gasteiger partial charge < -0.3 is 20.3 Å². The van der Waals surface area contributed by atoms with Crippen LogP contribution in [0, 0.1) is 0 Å².